The minimum absolute atomic E-state index is 0.108. The molecule has 0 unspecified atom stereocenters. The Bertz CT molecular complexity index is 1280. The molecule has 1 N–H and O–H groups in total. The highest BCUT2D eigenvalue weighted by atomic mass is 32.2. The number of aryl methyl sites for hydroxylation is 1. The summed E-state index contributed by atoms with van der Waals surface area (Å²) in [6, 6.07) is 23.4. The second kappa shape index (κ2) is 8.65. The number of nitrogens with one attached hydrogen (secondary N) is 1. The average Bonchev–Trinajstić information content (AvgIpc) is 3.24. The molecule has 0 atom stereocenters. The van der Waals surface area contributed by atoms with Crippen LogP contribution in [-0.2, 0) is 16.4 Å². The summed E-state index contributed by atoms with van der Waals surface area (Å²) in [5, 5.41) is 2.95. The summed E-state index contributed by atoms with van der Waals surface area (Å²) in [4.78, 5) is 4.49. The highest BCUT2D eigenvalue weighted by molar-refractivity contribution is 7.91. The van der Waals surface area contributed by atoms with Crippen molar-refractivity contribution in [2.75, 3.05) is 12.4 Å². The maximum atomic E-state index is 13.4. The van der Waals surface area contributed by atoms with Crippen molar-refractivity contribution in [1.82, 2.24) is 4.98 Å². The first-order valence-corrected chi connectivity index (χ1v) is 11.2. The van der Waals surface area contributed by atoms with Gasteiger partial charge in [0.15, 0.2) is 0 Å². The summed E-state index contributed by atoms with van der Waals surface area (Å²) in [7, 11) is -2.39. The van der Waals surface area contributed by atoms with Crippen LogP contribution in [-0.4, -0.2) is 20.5 Å². The van der Waals surface area contributed by atoms with Crippen LogP contribution in [0.25, 0.3) is 11.5 Å². The lowest BCUT2D eigenvalue weighted by Gasteiger charge is -2.07. The van der Waals surface area contributed by atoms with E-state index in [2.05, 4.69) is 10.3 Å². The fraction of sp³-hybridized carbons (Fsp3) is 0.125. The molecule has 4 rings (SSSR count). The van der Waals surface area contributed by atoms with E-state index in [0.717, 1.165) is 11.1 Å². The van der Waals surface area contributed by atoms with Crippen LogP contribution in [0.3, 0.4) is 0 Å². The molecule has 0 bridgehead atoms. The Morgan fingerprint density at radius 3 is 2.39 bits per heavy atom. The molecule has 3 aromatic carbocycles. The van der Waals surface area contributed by atoms with E-state index in [0.29, 0.717) is 17.9 Å². The number of rotatable bonds is 7. The van der Waals surface area contributed by atoms with E-state index < -0.39 is 9.84 Å². The molecule has 1 aromatic heterocycles. The third kappa shape index (κ3) is 4.46. The van der Waals surface area contributed by atoms with Gasteiger partial charge in [0.2, 0.25) is 26.6 Å². The predicted molar refractivity (Wildman–Crippen MR) is 119 cm³/mol. The molecular formula is C24H22N2O4S. The van der Waals surface area contributed by atoms with Gasteiger partial charge in [0.05, 0.1) is 12.0 Å². The minimum Gasteiger partial charge on any atom is -0.497 e. The topological polar surface area (TPSA) is 81.4 Å². The molecule has 0 aliphatic carbocycles. The van der Waals surface area contributed by atoms with Crippen molar-refractivity contribution < 1.29 is 17.6 Å². The maximum Gasteiger partial charge on any atom is 0.234 e. The van der Waals surface area contributed by atoms with Crippen molar-refractivity contribution in [3.05, 3.63) is 90.0 Å². The van der Waals surface area contributed by atoms with E-state index >= 15 is 0 Å². The number of benzene rings is 3. The van der Waals surface area contributed by atoms with Crippen LogP contribution < -0.4 is 10.1 Å². The molecule has 0 saturated heterocycles. The number of hydrogen-bond donors (Lipinski definition) is 1. The van der Waals surface area contributed by atoms with E-state index in [1.807, 2.05) is 61.5 Å². The van der Waals surface area contributed by atoms with Crippen LogP contribution in [0, 0.1) is 6.92 Å². The summed E-state index contributed by atoms with van der Waals surface area (Å²) in [5.74, 6) is 0.921. The lowest BCUT2D eigenvalue weighted by molar-refractivity contribution is 0.414. The fourth-order valence-electron chi connectivity index (χ4n) is 3.15. The van der Waals surface area contributed by atoms with Crippen molar-refractivity contribution >= 4 is 15.7 Å². The third-order valence-corrected chi connectivity index (χ3v) is 6.46. The van der Waals surface area contributed by atoms with Gasteiger partial charge in [-0.05, 0) is 48.9 Å². The van der Waals surface area contributed by atoms with Crippen LogP contribution in [0.2, 0.25) is 0 Å². The summed E-state index contributed by atoms with van der Waals surface area (Å²) >= 11 is 0. The van der Waals surface area contributed by atoms with Crippen LogP contribution in [0.1, 0.15) is 11.1 Å². The molecule has 0 saturated carbocycles. The number of ether oxygens (including phenoxy) is 1. The van der Waals surface area contributed by atoms with Gasteiger partial charge in [0.25, 0.3) is 0 Å². The molecule has 0 fully saturated rings. The Labute approximate surface area is 181 Å². The van der Waals surface area contributed by atoms with Crippen LogP contribution in [0.15, 0.2) is 93.2 Å². The van der Waals surface area contributed by atoms with Crippen LogP contribution in [0.4, 0.5) is 5.88 Å². The first-order valence-electron chi connectivity index (χ1n) is 9.72. The van der Waals surface area contributed by atoms with Gasteiger partial charge in [-0.1, -0.05) is 48.0 Å². The Hall–Kier alpha value is -3.58. The third-order valence-electron chi connectivity index (χ3n) is 4.78. The van der Waals surface area contributed by atoms with Crippen molar-refractivity contribution in [3.8, 4) is 17.2 Å². The summed E-state index contributed by atoms with van der Waals surface area (Å²) in [6.07, 6.45) is 0. The van der Waals surface area contributed by atoms with Gasteiger partial charge in [-0.15, -0.1) is 0 Å². The van der Waals surface area contributed by atoms with Crippen molar-refractivity contribution in [1.29, 1.82) is 0 Å². The monoisotopic (exact) mass is 434 g/mol. The number of aromatic nitrogens is 1. The zero-order valence-corrected chi connectivity index (χ0v) is 18.0. The largest absolute Gasteiger partial charge is 0.497 e. The minimum atomic E-state index is -3.92. The van der Waals surface area contributed by atoms with Gasteiger partial charge in [0.1, 0.15) is 5.75 Å². The molecule has 158 valence electrons. The first-order chi connectivity index (χ1) is 15.0. The maximum absolute atomic E-state index is 13.4. The molecule has 0 spiro atoms. The molecule has 31 heavy (non-hydrogen) atoms. The second-order valence-electron chi connectivity index (χ2n) is 7.04. The highest BCUT2D eigenvalue weighted by Crippen LogP contribution is 2.33. The molecule has 4 aromatic rings. The Kier molecular flexibility index (Phi) is 5.77. The highest BCUT2D eigenvalue weighted by Gasteiger charge is 2.28. The molecular weight excluding hydrogens is 412 g/mol. The van der Waals surface area contributed by atoms with Crippen LogP contribution >= 0.6 is 0 Å². The lowest BCUT2D eigenvalue weighted by atomic mass is 10.1. The predicted octanol–water partition coefficient (Wildman–Crippen LogP) is 5.10. The second-order valence-corrected chi connectivity index (χ2v) is 8.91. The van der Waals surface area contributed by atoms with Gasteiger partial charge >= 0.3 is 0 Å². The van der Waals surface area contributed by atoms with Gasteiger partial charge in [0, 0.05) is 12.1 Å². The first kappa shape index (κ1) is 20.7. The van der Waals surface area contributed by atoms with Gasteiger partial charge in [-0.3, -0.25) is 0 Å². The number of nitrogens with zero attached hydrogens (tertiary/aromatic N) is 1. The smallest absolute Gasteiger partial charge is 0.234 e. The van der Waals surface area contributed by atoms with E-state index in [4.69, 9.17) is 9.15 Å². The quantitative estimate of drug-likeness (QED) is 0.436. The van der Waals surface area contributed by atoms with Crippen molar-refractivity contribution in [2.45, 2.75) is 23.4 Å². The summed E-state index contributed by atoms with van der Waals surface area (Å²) in [6.45, 7) is 2.35. The normalized spacial score (nSPS) is 11.3. The summed E-state index contributed by atoms with van der Waals surface area (Å²) in [5.41, 5.74) is 2.72. The molecule has 1 heterocycles. The number of methoxy groups -OCH3 is 1. The lowest BCUT2D eigenvalue weighted by Crippen LogP contribution is -2.07. The van der Waals surface area contributed by atoms with E-state index in [1.54, 1.807) is 12.1 Å². The van der Waals surface area contributed by atoms with Crippen molar-refractivity contribution in [2.24, 2.45) is 0 Å². The van der Waals surface area contributed by atoms with Gasteiger partial charge in [-0.25, -0.2) is 8.42 Å². The Morgan fingerprint density at radius 1 is 0.968 bits per heavy atom. The zero-order chi connectivity index (χ0) is 21.8. The Balaban J connectivity index is 1.76. The molecule has 6 nitrogen and oxygen atoms in total. The van der Waals surface area contributed by atoms with Crippen molar-refractivity contribution in [3.63, 3.8) is 0 Å². The van der Waals surface area contributed by atoms with E-state index in [-0.39, 0.29) is 21.7 Å². The van der Waals surface area contributed by atoms with E-state index in [1.165, 1.54) is 19.2 Å². The standard InChI is InChI=1S/C24H22N2O4S/c1-17-7-6-10-19(15-17)22-26-24(23(30-22)25-16-18-8-4-3-5-9-18)31(27,28)21-13-11-20(29-2)12-14-21/h3-15,25H,16H2,1-2H3. The fourth-order valence-corrected chi connectivity index (χ4v) is 4.42. The van der Waals surface area contributed by atoms with Gasteiger partial charge in [-0.2, -0.15) is 4.98 Å². The number of hydrogen-bond acceptors (Lipinski definition) is 6. The average molecular weight is 435 g/mol. The number of anilines is 1. The number of sulfone groups is 1. The van der Waals surface area contributed by atoms with Crippen LogP contribution in [0.5, 0.6) is 5.75 Å². The molecule has 0 aliphatic rings. The molecule has 0 aliphatic heterocycles. The molecule has 7 heteroatoms. The van der Waals surface area contributed by atoms with E-state index in [9.17, 15) is 8.42 Å². The van der Waals surface area contributed by atoms with Gasteiger partial charge < -0.3 is 14.5 Å². The SMILES string of the molecule is COc1ccc(S(=O)(=O)c2nc(-c3cccc(C)c3)oc2NCc2ccccc2)cc1. The summed E-state index contributed by atoms with van der Waals surface area (Å²) < 4.78 is 37.8. The zero-order valence-electron chi connectivity index (χ0n) is 17.2. The molecule has 0 amide bonds. The number of oxazole rings is 1. The Morgan fingerprint density at radius 2 is 1.71 bits per heavy atom. The molecule has 0 radical (unpaired) electrons.